The van der Waals surface area contributed by atoms with E-state index in [1.54, 1.807) is 12.1 Å². The normalized spacial score (nSPS) is 9.15. The fraction of sp³-hybridized carbons (Fsp3) is 0. The molecule has 0 fully saturated rings. The van der Waals surface area contributed by atoms with Crippen molar-refractivity contribution in [2.75, 3.05) is 0 Å². The van der Waals surface area contributed by atoms with Gasteiger partial charge in [0.1, 0.15) is 0 Å². The zero-order valence-electron chi connectivity index (χ0n) is 6.61. The van der Waals surface area contributed by atoms with E-state index in [1.165, 1.54) is 0 Å². The van der Waals surface area contributed by atoms with Gasteiger partial charge in [0.25, 0.3) is 0 Å². The first-order valence-electron chi connectivity index (χ1n) is 2.89. The number of carboxylic acids is 1. The maximum atomic E-state index is 10.6. The number of benzene rings is 1. The average molecular weight is 522 g/mol. The van der Waals surface area contributed by atoms with Crippen LogP contribution in [0.2, 0.25) is 0 Å². The molecule has 2 nitrogen and oxygen atoms in total. The van der Waals surface area contributed by atoms with Crippen LogP contribution in [0.5, 0.6) is 0 Å². The SMILES string of the molecule is O=C([O-])c1ccc(I)c(I)c1I.[Na+]. The third-order valence-corrected chi connectivity index (χ3v) is 6.46. The maximum absolute atomic E-state index is 10.6. The standard InChI is InChI=1S/C7H3I3O2.Na/c8-4-2-1-3(7(11)12)5(9)6(4)10;/h1-2H,(H,11,12);/q;+1/p-1. The maximum Gasteiger partial charge on any atom is 1.00 e. The molecule has 0 bridgehead atoms. The Kier molecular flexibility index (Phi) is 7.39. The molecule has 13 heavy (non-hydrogen) atoms. The molecule has 0 aromatic heterocycles. The first-order valence-corrected chi connectivity index (χ1v) is 6.12. The second-order valence-electron chi connectivity index (χ2n) is 2.01. The van der Waals surface area contributed by atoms with Crippen LogP contribution in [0.1, 0.15) is 10.4 Å². The van der Waals surface area contributed by atoms with E-state index in [1.807, 2.05) is 22.6 Å². The van der Waals surface area contributed by atoms with Crippen molar-refractivity contribution in [2.45, 2.75) is 0 Å². The Balaban J connectivity index is 0.00000144. The number of aromatic carboxylic acids is 1. The molecule has 0 saturated carbocycles. The summed E-state index contributed by atoms with van der Waals surface area (Å²) in [6.45, 7) is 0. The van der Waals surface area contributed by atoms with Gasteiger partial charge in [0.15, 0.2) is 0 Å². The van der Waals surface area contributed by atoms with E-state index in [0.29, 0.717) is 0 Å². The van der Waals surface area contributed by atoms with Gasteiger partial charge in [0, 0.05) is 16.3 Å². The second kappa shape index (κ2) is 6.46. The van der Waals surface area contributed by atoms with E-state index < -0.39 is 5.97 Å². The Bertz CT molecular complexity index is 341. The monoisotopic (exact) mass is 522 g/mol. The molecule has 1 aromatic rings. The summed E-state index contributed by atoms with van der Waals surface area (Å²) in [6, 6.07) is 3.34. The number of carboxylic acid groups (broad SMARTS) is 1. The molecule has 0 aliphatic rings. The Labute approximate surface area is 139 Å². The third-order valence-electron chi connectivity index (χ3n) is 1.26. The van der Waals surface area contributed by atoms with Crippen molar-refractivity contribution in [1.29, 1.82) is 0 Å². The van der Waals surface area contributed by atoms with E-state index in [-0.39, 0.29) is 35.1 Å². The molecule has 1 aromatic carbocycles. The van der Waals surface area contributed by atoms with Gasteiger partial charge in [-0.1, -0.05) is 6.07 Å². The minimum absolute atomic E-state index is 0. The van der Waals surface area contributed by atoms with Crippen molar-refractivity contribution in [1.82, 2.24) is 0 Å². The first kappa shape index (κ1) is 14.9. The number of halogens is 3. The zero-order valence-corrected chi connectivity index (χ0v) is 15.1. The van der Waals surface area contributed by atoms with Gasteiger partial charge in [-0.25, -0.2) is 0 Å². The average Bonchev–Trinajstić information content (AvgIpc) is 2.00. The van der Waals surface area contributed by atoms with Crippen LogP contribution >= 0.6 is 67.8 Å². The summed E-state index contributed by atoms with van der Waals surface area (Å²) in [4.78, 5) is 10.6. The molecule has 6 heteroatoms. The molecule has 1 rings (SSSR count). The van der Waals surface area contributed by atoms with Gasteiger partial charge < -0.3 is 9.90 Å². The molecule has 0 atom stereocenters. The molecule has 0 radical (unpaired) electrons. The van der Waals surface area contributed by atoms with Gasteiger partial charge in [-0.05, 0) is 73.8 Å². The number of carbonyl (C=O) groups is 1. The van der Waals surface area contributed by atoms with Crippen LogP contribution in [0.4, 0.5) is 0 Å². The number of rotatable bonds is 1. The smallest absolute Gasteiger partial charge is 0.545 e. The fourth-order valence-electron chi connectivity index (χ4n) is 0.684. The minimum Gasteiger partial charge on any atom is -0.545 e. The van der Waals surface area contributed by atoms with Crippen LogP contribution in [0.3, 0.4) is 0 Å². The second-order valence-corrected chi connectivity index (χ2v) is 5.33. The number of hydrogen-bond acceptors (Lipinski definition) is 2. The zero-order chi connectivity index (χ0) is 9.30. The summed E-state index contributed by atoms with van der Waals surface area (Å²) in [6.07, 6.45) is 0. The van der Waals surface area contributed by atoms with Crippen molar-refractivity contribution < 1.29 is 39.5 Å². The molecule has 0 aliphatic carbocycles. The van der Waals surface area contributed by atoms with Crippen LogP contribution in [-0.4, -0.2) is 5.97 Å². The van der Waals surface area contributed by atoms with E-state index in [2.05, 4.69) is 45.2 Å². The predicted molar refractivity (Wildman–Crippen MR) is 68.9 cm³/mol. The molecule has 64 valence electrons. The summed E-state index contributed by atoms with van der Waals surface area (Å²) in [5, 5.41) is 10.6. The van der Waals surface area contributed by atoms with Gasteiger partial charge in [0.2, 0.25) is 0 Å². The van der Waals surface area contributed by atoms with Crippen molar-refractivity contribution in [3.8, 4) is 0 Å². The van der Waals surface area contributed by atoms with E-state index in [4.69, 9.17) is 0 Å². The molecule has 0 N–H and O–H groups in total. The van der Waals surface area contributed by atoms with Gasteiger partial charge in [-0.15, -0.1) is 0 Å². The van der Waals surface area contributed by atoms with Crippen LogP contribution in [0, 0.1) is 10.7 Å². The third kappa shape index (κ3) is 3.74. The number of carbonyl (C=O) groups excluding carboxylic acids is 1. The molecular weight excluding hydrogens is 520 g/mol. The van der Waals surface area contributed by atoms with E-state index >= 15 is 0 Å². The molecule has 0 aliphatic heterocycles. The molecule has 0 amide bonds. The summed E-state index contributed by atoms with van der Waals surface area (Å²) in [5.41, 5.74) is 0.264. The van der Waals surface area contributed by atoms with Crippen LogP contribution in [0.25, 0.3) is 0 Å². The van der Waals surface area contributed by atoms with Gasteiger partial charge in [-0.3, -0.25) is 0 Å². The van der Waals surface area contributed by atoms with Crippen molar-refractivity contribution in [2.24, 2.45) is 0 Å². The Hall–Kier alpha value is 1.88. The van der Waals surface area contributed by atoms with E-state index in [0.717, 1.165) is 10.7 Å². The quantitative estimate of drug-likeness (QED) is 0.267. The van der Waals surface area contributed by atoms with Crippen LogP contribution < -0.4 is 34.7 Å². The molecule has 0 unspecified atom stereocenters. The topological polar surface area (TPSA) is 40.1 Å². The summed E-state index contributed by atoms with van der Waals surface area (Å²) in [5.74, 6) is -1.12. The summed E-state index contributed by atoms with van der Waals surface area (Å²) >= 11 is 6.30. The molecular formula is C7H2I3NaO2. The number of hydrogen-bond donors (Lipinski definition) is 0. The van der Waals surface area contributed by atoms with Gasteiger partial charge in [0.05, 0.1) is 5.97 Å². The van der Waals surface area contributed by atoms with Gasteiger partial charge in [-0.2, -0.15) is 0 Å². The Morgan fingerprint density at radius 3 is 2.15 bits per heavy atom. The van der Waals surface area contributed by atoms with Crippen molar-refractivity contribution in [3.05, 3.63) is 28.4 Å². The van der Waals surface area contributed by atoms with Crippen LogP contribution in [0.15, 0.2) is 12.1 Å². The predicted octanol–water partition coefficient (Wildman–Crippen LogP) is -1.13. The van der Waals surface area contributed by atoms with Crippen molar-refractivity contribution >= 4 is 73.7 Å². The fourth-order valence-corrected chi connectivity index (χ4v) is 2.81. The van der Waals surface area contributed by atoms with E-state index in [9.17, 15) is 9.90 Å². The molecule has 0 heterocycles. The molecule has 0 saturated heterocycles. The summed E-state index contributed by atoms with van der Waals surface area (Å²) in [7, 11) is 0. The van der Waals surface area contributed by atoms with Crippen molar-refractivity contribution in [3.63, 3.8) is 0 Å². The Morgan fingerprint density at radius 2 is 1.69 bits per heavy atom. The minimum atomic E-state index is -1.12. The largest absolute Gasteiger partial charge is 1.00 e. The Morgan fingerprint density at radius 1 is 1.15 bits per heavy atom. The summed E-state index contributed by atoms with van der Waals surface area (Å²) < 4.78 is 2.78. The first-order chi connectivity index (χ1) is 5.54. The van der Waals surface area contributed by atoms with Gasteiger partial charge >= 0.3 is 29.6 Å². The molecule has 0 spiro atoms. The van der Waals surface area contributed by atoms with Crippen LogP contribution in [-0.2, 0) is 0 Å².